The average molecular weight is 961 g/mol. The van der Waals surface area contributed by atoms with Crippen LogP contribution >= 0.6 is 0 Å². The minimum atomic E-state index is -0.587. The van der Waals surface area contributed by atoms with Gasteiger partial charge in [0.15, 0.2) is 0 Å². The predicted octanol–water partition coefficient (Wildman–Crippen LogP) is 11.0. The van der Waals surface area contributed by atoms with Crippen LogP contribution in [0, 0.1) is 60.7 Å². The molecular weight excluding hydrogens is 937 g/mol. The summed E-state index contributed by atoms with van der Waals surface area (Å²) in [4.78, 5) is 97.8. The number of nitro benzene ring substituents is 6. The first-order valence-electron chi connectivity index (χ1n) is 20.9. The molecule has 0 amide bonds. The second-order valence-corrected chi connectivity index (χ2v) is 15.7. The van der Waals surface area contributed by atoms with E-state index in [2.05, 4.69) is 0 Å². The van der Waals surface area contributed by atoms with Crippen molar-refractivity contribution in [1.82, 2.24) is 29.9 Å². The highest BCUT2D eigenvalue weighted by Crippen LogP contribution is 2.42. The molecule has 0 N–H and O–H groups in total. The lowest BCUT2D eigenvalue weighted by molar-refractivity contribution is -0.385. The van der Waals surface area contributed by atoms with Gasteiger partial charge in [0.2, 0.25) is 0 Å². The van der Waals surface area contributed by atoms with Crippen LogP contribution in [0.4, 0.5) is 34.1 Å². The number of nitrogens with zero attached hydrogens (tertiary/aromatic N) is 12. The molecule has 0 aliphatic rings. The number of benzene rings is 7. The van der Waals surface area contributed by atoms with Crippen LogP contribution in [0.2, 0.25) is 0 Å². The molecule has 3 aromatic heterocycles. The molecule has 3 heterocycles. The molecule has 0 saturated carbocycles. The minimum absolute atomic E-state index is 0.0226. The molecule has 10 rings (SSSR count). The lowest BCUT2D eigenvalue weighted by Crippen LogP contribution is -2.05. The molecule has 0 saturated heterocycles. The van der Waals surface area contributed by atoms with Crippen molar-refractivity contribution in [3.8, 4) is 67.5 Å². The molecule has 0 unspecified atom stereocenters. The van der Waals surface area contributed by atoms with Crippen LogP contribution in [0.3, 0.4) is 0 Å². The van der Waals surface area contributed by atoms with E-state index in [1.165, 1.54) is 146 Å². The fourth-order valence-electron chi connectivity index (χ4n) is 7.95. The Morgan fingerprint density at radius 3 is 0.417 bits per heavy atom. The van der Waals surface area contributed by atoms with Crippen LogP contribution < -0.4 is 0 Å². The van der Waals surface area contributed by atoms with Crippen LogP contribution in [0.1, 0.15) is 0 Å². The first kappa shape index (κ1) is 44.8. The van der Waals surface area contributed by atoms with Crippen molar-refractivity contribution in [2.75, 3.05) is 0 Å². The third-order valence-electron chi connectivity index (χ3n) is 11.5. The van der Waals surface area contributed by atoms with E-state index in [1.54, 1.807) is 0 Å². The maximum atomic E-state index is 11.8. The molecule has 0 aliphatic carbocycles. The molecule has 0 spiro atoms. The van der Waals surface area contributed by atoms with Gasteiger partial charge < -0.3 is 0 Å². The Hall–Kier alpha value is -11.0. The highest BCUT2D eigenvalue weighted by atomic mass is 16.6. The third kappa shape index (κ3) is 8.04. The number of hydrogen-bond acceptors (Lipinski definition) is 18. The number of non-ortho nitro benzene ring substituents is 6. The third-order valence-corrected chi connectivity index (χ3v) is 11.5. The monoisotopic (exact) mass is 960 g/mol. The molecule has 0 bridgehead atoms. The van der Waals surface area contributed by atoms with Crippen molar-refractivity contribution < 1.29 is 29.5 Å². The van der Waals surface area contributed by atoms with Crippen LogP contribution in [0.25, 0.3) is 101 Å². The summed E-state index contributed by atoms with van der Waals surface area (Å²) in [5, 5.41) is 70.5. The molecule has 10 aromatic rings. The van der Waals surface area contributed by atoms with Gasteiger partial charge in [-0.05, 0) is 72.8 Å². The van der Waals surface area contributed by atoms with E-state index < -0.39 is 29.5 Å². The molecule has 0 fully saturated rings. The van der Waals surface area contributed by atoms with Gasteiger partial charge in [-0.2, -0.15) is 0 Å². The van der Waals surface area contributed by atoms with E-state index in [1.807, 2.05) is 0 Å². The van der Waals surface area contributed by atoms with Crippen LogP contribution in [0.5, 0.6) is 0 Å². The maximum absolute atomic E-state index is 11.8. The van der Waals surface area contributed by atoms with E-state index in [0.717, 1.165) is 0 Å². The lowest BCUT2D eigenvalue weighted by Gasteiger charge is -2.17. The van der Waals surface area contributed by atoms with Crippen molar-refractivity contribution >= 4 is 67.2 Å². The summed E-state index contributed by atoms with van der Waals surface area (Å²) in [5.74, 6) is 0. The fraction of sp³-hybridized carbons (Fsp3) is 0. The highest BCUT2D eigenvalue weighted by molar-refractivity contribution is 6.20. The Bertz CT molecular complexity index is 3260. The Morgan fingerprint density at radius 2 is 0.319 bits per heavy atom. The predicted molar refractivity (Wildman–Crippen MR) is 258 cm³/mol. The van der Waals surface area contributed by atoms with E-state index in [0.29, 0.717) is 33.4 Å². The molecular formula is C48H24N12O12. The van der Waals surface area contributed by atoms with Crippen LogP contribution in [0.15, 0.2) is 146 Å². The summed E-state index contributed by atoms with van der Waals surface area (Å²) < 4.78 is 0. The molecule has 72 heavy (non-hydrogen) atoms. The van der Waals surface area contributed by atoms with Gasteiger partial charge in [0.1, 0.15) is 33.1 Å². The molecule has 0 aliphatic heterocycles. The second-order valence-electron chi connectivity index (χ2n) is 15.7. The number of rotatable bonds is 12. The van der Waals surface area contributed by atoms with Crippen molar-refractivity contribution in [2.24, 2.45) is 0 Å². The molecule has 0 atom stereocenters. The van der Waals surface area contributed by atoms with Crippen molar-refractivity contribution in [2.45, 2.75) is 0 Å². The van der Waals surface area contributed by atoms with Gasteiger partial charge in [0.25, 0.3) is 34.1 Å². The number of fused-ring (bicyclic) bond motifs is 6. The summed E-state index contributed by atoms with van der Waals surface area (Å²) in [7, 11) is 0. The summed E-state index contributed by atoms with van der Waals surface area (Å²) in [6, 6.07) is 32.3. The van der Waals surface area contributed by atoms with Gasteiger partial charge >= 0.3 is 0 Å². The first-order valence-corrected chi connectivity index (χ1v) is 20.9. The van der Waals surface area contributed by atoms with Gasteiger partial charge in [-0.1, -0.05) is 0 Å². The zero-order chi connectivity index (χ0) is 50.5. The fourth-order valence-corrected chi connectivity index (χ4v) is 7.95. The normalized spacial score (nSPS) is 11.2. The Kier molecular flexibility index (Phi) is 10.9. The lowest BCUT2D eigenvalue weighted by atomic mass is 10.00. The summed E-state index contributed by atoms with van der Waals surface area (Å²) in [6.45, 7) is 0. The van der Waals surface area contributed by atoms with Crippen molar-refractivity contribution in [1.29, 1.82) is 0 Å². The van der Waals surface area contributed by atoms with E-state index in [4.69, 9.17) is 29.9 Å². The highest BCUT2D eigenvalue weighted by Gasteiger charge is 2.27. The molecule has 348 valence electrons. The molecule has 0 radical (unpaired) electrons. The summed E-state index contributed by atoms with van der Waals surface area (Å²) >= 11 is 0. The van der Waals surface area contributed by atoms with Crippen LogP contribution in [-0.4, -0.2) is 59.4 Å². The van der Waals surface area contributed by atoms with Gasteiger partial charge in [-0.25, -0.2) is 29.9 Å². The van der Waals surface area contributed by atoms with Gasteiger partial charge in [-0.3, -0.25) is 60.7 Å². The van der Waals surface area contributed by atoms with Crippen molar-refractivity contribution in [3.63, 3.8) is 0 Å². The summed E-state index contributed by atoms with van der Waals surface area (Å²) in [6.07, 6.45) is 0. The Morgan fingerprint density at radius 1 is 0.208 bits per heavy atom. The number of nitro groups is 6. The summed E-state index contributed by atoms with van der Waals surface area (Å²) in [5.41, 5.74) is 1.31. The smallest absolute Gasteiger partial charge is 0.258 e. The zero-order valence-electron chi connectivity index (χ0n) is 36.1. The van der Waals surface area contributed by atoms with Gasteiger partial charge in [0, 0.05) is 106 Å². The van der Waals surface area contributed by atoms with Gasteiger partial charge in [0.05, 0.1) is 63.7 Å². The Balaban J connectivity index is 1.39. The van der Waals surface area contributed by atoms with E-state index in [-0.39, 0.29) is 101 Å². The topological polar surface area (TPSA) is 336 Å². The molecule has 7 aromatic carbocycles. The number of aromatic nitrogens is 6. The van der Waals surface area contributed by atoms with Crippen LogP contribution in [-0.2, 0) is 0 Å². The molecule has 24 nitrogen and oxygen atoms in total. The zero-order valence-corrected chi connectivity index (χ0v) is 36.1. The first-order chi connectivity index (χ1) is 34.6. The van der Waals surface area contributed by atoms with E-state index in [9.17, 15) is 60.7 Å². The van der Waals surface area contributed by atoms with E-state index >= 15 is 0 Å². The van der Waals surface area contributed by atoms with Crippen molar-refractivity contribution in [3.05, 3.63) is 206 Å². The SMILES string of the molecule is O=[N+]([O-])c1ccc(-c2nc3c4nc(-c5ccc([N+](=O)[O-])cc5)c(-c5ccc([N+](=O)[O-])cc5)nc4c4nc(-c5ccc([N+](=O)[O-])cc5)c(-c5ccc([N+](=O)[O-])cc5)nc4c3nc2-c2ccc([N+](=O)[O-])cc2)cc1. The second kappa shape index (κ2) is 17.6. The maximum Gasteiger partial charge on any atom is 0.269 e. The average Bonchev–Trinajstić information content (AvgIpc) is 3.40. The molecule has 24 heteroatoms. The Labute approximate surface area is 399 Å². The number of hydrogen-bond donors (Lipinski definition) is 0. The largest absolute Gasteiger partial charge is 0.269 e. The minimum Gasteiger partial charge on any atom is -0.258 e. The quantitative estimate of drug-likeness (QED) is 0.0623. The van der Waals surface area contributed by atoms with Gasteiger partial charge in [-0.15, -0.1) is 0 Å². The standard InChI is InChI=1S/C48H24N12O12/c61-55(62)31-13-1-25(2-14-31)37-38(26-3-15-32(16-4-26)56(63)64)50-44-43(49-37)45-47(53-40(28-7-19-34(20-8-28)58(67)68)39(51-45)27-5-17-33(18-6-27)57(65)66)48-46(44)52-41(29-9-21-35(22-10-29)59(69)70)42(54-48)30-11-23-36(24-12-30)60(71)72/h1-24H.